The molecule has 160 valence electrons. The van der Waals surface area contributed by atoms with Crippen molar-refractivity contribution in [2.45, 2.75) is 12.6 Å². The molecule has 4 nitrogen and oxygen atoms in total. The van der Waals surface area contributed by atoms with E-state index in [2.05, 4.69) is 0 Å². The maximum atomic E-state index is 12.6. The maximum absolute atomic E-state index is 12.6. The van der Waals surface area contributed by atoms with Gasteiger partial charge in [0.25, 0.3) is 0 Å². The largest absolute Gasteiger partial charge is 0.486 e. The van der Waals surface area contributed by atoms with Crippen LogP contribution in [0.25, 0.3) is 6.08 Å². The Morgan fingerprint density at radius 2 is 1.55 bits per heavy atom. The number of halogens is 3. The quantitative estimate of drug-likeness (QED) is 0.463. The van der Waals surface area contributed by atoms with Crippen molar-refractivity contribution >= 4 is 12.0 Å². The van der Waals surface area contributed by atoms with Crippen LogP contribution in [0.2, 0.25) is 0 Å². The molecule has 0 heterocycles. The fourth-order valence-electron chi connectivity index (χ4n) is 2.74. The van der Waals surface area contributed by atoms with E-state index < -0.39 is 17.7 Å². The highest BCUT2D eigenvalue weighted by molar-refractivity contribution is 5.70. The molecule has 0 aliphatic carbocycles. The van der Waals surface area contributed by atoms with Gasteiger partial charge in [0.2, 0.25) is 0 Å². The molecule has 31 heavy (non-hydrogen) atoms. The summed E-state index contributed by atoms with van der Waals surface area (Å²) in [6.45, 7) is 0.193. The van der Waals surface area contributed by atoms with E-state index in [1.165, 1.54) is 12.1 Å². The Labute approximate surface area is 177 Å². The highest BCUT2D eigenvalue weighted by atomic mass is 19.4. The normalized spacial score (nSPS) is 11.5. The monoisotopic (exact) mass is 428 g/mol. The van der Waals surface area contributed by atoms with Crippen molar-refractivity contribution in [3.8, 4) is 17.2 Å². The predicted octanol–water partition coefficient (Wildman–Crippen LogP) is 6.22. The molecule has 3 rings (SSSR count). The van der Waals surface area contributed by atoms with Gasteiger partial charge in [-0.2, -0.15) is 13.2 Å². The van der Waals surface area contributed by atoms with E-state index in [9.17, 15) is 18.0 Å². The zero-order valence-corrected chi connectivity index (χ0v) is 16.3. The van der Waals surface area contributed by atoms with Crippen molar-refractivity contribution in [2.24, 2.45) is 0 Å². The molecule has 0 atom stereocenters. The van der Waals surface area contributed by atoms with Crippen LogP contribution in [0.3, 0.4) is 0 Å². The van der Waals surface area contributed by atoms with Crippen molar-refractivity contribution in [1.82, 2.24) is 0 Å². The number of carbonyl (C=O) groups is 1. The first kappa shape index (κ1) is 22.0. The van der Waals surface area contributed by atoms with Gasteiger partial charge < -0.3 is 14.6 Å². The molecule has 0 saturated carbocycles. The van der Waals surface area contributed by atoms with E-state index >= 15 is 0 Å². The van der Waals surface area contributed by atoms with E-state index in [1.54, 1.807) is 60.7 Å². The summed E-state index contributed by atoms with van der Waals surface area (Å²) in [5.41, 5.74) is 0.600. The van der Waals surface area contributed by atoms with E-state index in [0.717, 1.165) is 12.1 Å². The second-order valence-electron chi connectivity index (χ2n) is 6.60. The van der Waals surface area contributed by atoms with Crippen LogP contribution in [0.5, 0.6) is 17.2 Å². The Morgan fingerprint density at radius 3 is 2.16 bits per heavy atom. The van der Waals surface area contributed by atoms with E-state index in [4.69, 9.17) is 14.6 Å². The standard InChI is InChI=1S/C24H19F3O4/c25-24(26,27)19-11-7-17(8-12-19)4-3-15-30-21-5-1-2-6-22(21)31-20-13-9-18(10-14-20)16-23(28)29/h1-14H,15-16H2,(H,28,29). The summed E-state index contributed by atoms with van der Waals surface area (Å²) < 4.78 is 49.4. The first-order valence-electron chi connectivity index (χ1n) is 9.35. The van der Waals surface area contributed by atoms with Gasteiger partial charge in [-0.1, -0.05) is 42.5 Å². The summed E-state index contributed by atoms with van der Waals surface area (Å²) in [5.74, 6) is 0.604. The minimum Gasteiger partial charge on any atom is -0.486 e. The summed E-state index contributed by atoms with van der Waals surface area (Å²) >= 11 is 0. The number of hydrogen-bond donors (Lipinski definition) is 1. The molecule has 0 saturated heterocycles. The highest BCUT2D eigenvalue weighted by Gasteiger charge is 2.29. The van der Waals surface area contributed by atoms with Gasteiger partial charge in [-0.25, -0.2) is 0 Å². The Hall–Kier alpha value is -3.74. The minimum atomic E-state index is -4.36. The lowest BCUT2D eigenvalue weighted by atomic mass is 10.1. The number of alkyl halides is 3. The van der Waals surface area contributed by atoms with Crippen LogP contribution in [0.4, 0.5) is 13.2 Å². The molecule has 0 amide bonds. The zero-order chi connectivity index (χ0) is 22.3. The fourth-order valence-corrected chi connectivity index (χ4v) is 2.74. The van der Waals surface area contributed by atoms with Gasteiger partial charge in [-0.3, -0.25) is 4.79 Å². The van der Waals surface area contributed by atoms with E-state index in [0.29, 0.717) is 28.4 Å². The van der Waals surface area contributed by atoms with Gasteiger partial charge >= 0.3 is 12.1 Å². The lowest BCUT2D eigenvalue weighted by Gasteiger charge is -2.11. The topological polar surface area (TPSA) is 55.8 Å². The van der Waals surface area contributed by atoms with Crippen LogP contribution in [0.1, 0.15) is 16.7 Å². The minimum absolute atomic E-state index is 0.0642. The maximum Gasteiger partial charge on any atom is 0.416 e. The molecule has 0 fully saturated rings. The van der Waals surface area contributed by atoms with Gasteiger partial charge in [-0.15, -0.1) is 0 Å². The molecule has 0 radical (unpaired) electrons. The average Bonchev–Trinajstić information content (AvgIpc) is 2.73. The van der Waals surface area contributed by atoms with Gasteiger partial charge in [0.15, 0.2) is 11.5 Å². The lowest BCUT2D eigenvalue weighted by Crippen LogP contribution is -2.04. The molecular weight excluding hydrogens is 409 g/mol. The van der Waals surface area contributed by atoms with Crippen LogP contribution in [-0.4, -0.2) is 17.7 Å². The van der Waals surface area contributed by atoms with Crippen LogP contribution >= 0.6 is 0 Å². The number of aliphatic carboxylic acids is 1. The third-order valence-corrected chi connectivity index (χ3v) is 4.24. The van der Waals surface area contributed by atoms with Crippen LogP contribution < -0.4 is 9.47 Å². The summed E-state index contributed by atoms with van der Waals surface area (Å²) in [6, 6.07) is 18.6. The van der Waals surface area contributed by atoms with Crippen LogP contribution in [0.15, 0.2) is 78.9 Å². The first-order chi connectivity index (χ1) is 14.8. The molecule has 0 bridgehead atoms. The number of hydrogen-bond acceptors (Lipinski definition) is 3. The number of para-hydroxylation sites is 2. The third kappa shape index (κ3) is 6.64. The molecule has 7 heteroatoms. The second kappa shape index (κ2) is 9.84. The van der Waals surface area contributed by atoms with Crippen molar-refractivity contribution in [2.75, 3.05) is 6.61 Å². The predicted molar refractivity (Wildman–Crippen MR) is 110 cm³/mol. The van der Waals surface area contributed by atoms with Crippen LogP contribution in [-0.2, 0) is 17.4 Å². The molecule has 0 spiro atoms. The summed E-state index contributed by atoms with van der Waals surface area (Å²) in [5, 5.41) is 8.83. The highest BCUT2D eigenvalue weighted by Crippen LogP contribution is 2.32. The van der Waals surface area contributed by atoms with E-state index in [1.807, 2.05) is 0 Å². The molecule has 0 unspecified atom stereocenters. The first-order valence-corrected chi connectivity index (χ1v) is 9.35. The van der Waals surface area contributed by atoms with E-state index in [-0.39, 0.29) is 13.0 Å². The van der Waals surface area contributed by atoms with Crippen molar-refractivity contribution in [3.63, 3.8) is 0 Å². The Bertz CT molecular complexity index is 1040. The Balaban J connectivity index is 1.59. The number of carboxylic acids is 1. The molecule has 3 aromatic rings. The fraction of sp³-hybridized carbons (Fsp3) is 0.125. The molecule has 0 aromatic heterocycles. The summed E-state index contributed by atoms with van der Waals surface area (Å²) in [6.07, 6.45) is -1.05. The summed E-state index contributed by atoms with van der Waals surface area (Å²) in [7, 11) is 0. The third-order valence-electron chi connectivity index (χ3n) is 4.24. The van der Waals surface area contributed by atoms with Crippen molar-refractivity contribution in [3.05, 3.63) is 95.6 Å². The van der Waals surface area contributed by atoms with Gasteiger partial charge in [-0.05, 0) is 53.6 Å². The SMILES string of the molecule is O=C(O)Cc1ccc(Oc2ccccc2OCC=Cc2ccc(C(F)(F)F)cc2)cc1. The number of carboxylic acid groups (broad SMARTS) is 1. The van der Waals surface area contributed by atoms with Crippen molar-refractivity contribution in [1.29, 1.82) is 0 Å². The Kier molecular flexibility index (Phi) is 6.97. The molecular formula is C24H19F3O4. The smallest absolute Gasteiger partial charge is 0.416 e. The lowest BCUT2D eigenvalue weighted by molar-refractivity contribution is -0.138. The Morgan fingerprint density at radius 1 is 0.903 bits per heavy atom. The molecule has 3 aromatic carbocycles. The summed E-state index contributed by atoms with van der Waals surface area (Å²) in [4.78, 5) is 10.8. The zero-order valence-electron chi connectivity index (χ0n) is 16.3. The van der Waals surface area contributed by atoms with Gasteiger partial charge in [0.05, 0.1) is 12.0 Å². The average molecular weight is 428 g/mol. The van der Waals surface area contributed by atoms with Crippen molar-refractivity contribution < 1.29 is 32.5 Å². The number of rotatable bonds is 8. The number of ether oxygens (including phenoxy) is 2. The van der Waals surface area contributed by atoms with Gasteiger partial charge in [0, 0.05) is 0 Å². The number of benzene rings is 3. The van der Waals surface area contributed by atoms with Gasteiger partial charge in [0.1, 0.15) is 12.4 Å². The van der Waals surface area contributed by atoms with Crippen LogP contribution in [0, 0.1) is 0 Å². The molecule has 1 N–H and O–H groups in total. The molecule has 0 aliphatic heterocycles. The molecule has 0 aliphatic rings. The second-order valence-corrected chi connectivity index (χ2v) is 6.60.